The van der Waals surface area contributed by atoms with E-state index >= 15 is 0 Å². The Bertz CT molecular complexity index is 608. The molecule has 1 saturated heterocycles. The minimum atomic E-state index is -0.0174. The molecule has 1 unspecified atom stereocenters. The van der Waals surface area contributed by atoms with Gasteiger partial charge in [-0.15, -0.1) is 4.37 Å². The zero-order valence-corrected chi connectivity index (χ0v) is 12.1. The highest BCUT2D eigenvalue weighted by Crippen LogP contribution is 2.21. The van der Waals surface area contributed by atoms with Gasteiger partial charge in [0.05, 0.1) is 23.8 Å². The predicted molar refractivity (Wildman–Crippen MR) is 73.0 cm³/mol. The van der Waals surface area contributed by atoms with E-state index in [2.05, 4.69) is 8.75 Å². The van der Waals surface area contributed by atoms with Crippen molar-refractivity contribution in [3.8, 4) is 5.88 Å². The SMILES string of the molecule is Cc1cc(C(=O)N2CCC(Oc3cnsn3)C2)c(C)o1. The van der Waals surface area contributed by atoms with E-state index < -0.39 is 0 Å². The molecule has 3 rings (SSSR count). The summed E-state index contributed by atoms with van der Waals surface area (Å²) in [5.74, 6) is 1.96. The minimum Gasteiger partial charge on any atom is -0.471 e. The van der Waals surface area contributed by atoms with Gasteiger partial charge in [-0.25, -0.2) is 0 Å². The van der Waals surface area contributed by atoms with Crippen molar-refractivity contribution < 1.29 is 13.9 Å². The summed E-state index contributed by atoms with van der Waals surface area (Å²) in [6.07, 6.45) is 2.38. The van der Waals surface area contributed by atoms with Crippen molar-refractivity contribution in [3.05, 3.63) is 29.3 Å². The highest BCUT2D eigenvalue weighted by molar-refractivity contribution is 6.99. The molecule has 0 spiro atoms. The number of hydrogen-bond donors (Lipinski definition) is 0. The predicted octanol–water partition coefficient (Wildman–Crippen LogP) is 2.04. The number of carbonyl (C=O) groups excluding carboxylic acids is 1. The summed E-state index contributed by atoms with van der Waals surface area (Å²) in [7, 11) is 0. The number of nitrogens with zero attached hydrogens (tertiary/aromatic N) is 3. The second-order valence-electron chi connectivity index (χ2n) is 4.85. The topological polar surface area (TPSA) is 68.5 Å². The zero-order valence-electron chi connectivity index (χ0n) is 11.3. The Labute approximate surface area is 120 Å². The van der Waals surface area contributed by atoms with E-state index in [1.165, 1.54) is 0 Å². The third kappa shape index (κ3) is 2.53. The van der Waals surface area contributed by atoms with E-state index in [-0.39, 0.29) is 12.0 Å². The number of rotatable bonds is 3. The average Bonchev–Trinajstić information content (AvgIpc) is 3.11. The maximum Gasteiger partial charge on any atom is 0.257 e. The molecular formula is C13H15N3O3S. The molecule has 1 aliphatic rings. The van der Waals surface area contributed by atoms with Crippen molar-refractivity contribution in [2.24, 2.45) is 0 Å². The lowest BCUT2D eigenvalue weighted by Crippen LogP contribution is -2.31. The van der Waals surface area contributed by atoms with Crippen LogP contribution in [0.3, 0.4) is 0 Å². The Morgan fingerprint density at radius 1 is 1.55 bits per heavy atom. The van der Waals surface area contributed by atoms with E-state index in [1.807, 2.05) is 13.8 Å². The van der Waals surface area contributed by atoms with Crippen LogP contribution >= 0.6 is 11.7 Å². The fraction of sp³-hybridized carbons (Fsp3) is 0.462. The maximum atomic E-state index is 12.4. The van der Waals surface area contributed by atoms with Gasteiger partial charge in [0, 0.05) is 13.0 Å². The van der Waals surface area contributed by atoms with E-state index in [4.69, 9.17) is 9.15 Å². The molecule has 0 aromatic carbocycles. The van der Waals surface area contributed by atoms with Crippen LogP contribution in [0.4, 0.5) is 0 Å². The number of ether oxygens (including phenoxy) is 1. The third-order valence-electron chi connectivity index (χ3n) is 3.33. The zero-order chi connectivity index (χ0) is 14.1. The number of furan rings is 1. The molecule has 6 nitrogen and oxygen atoms in total. The molecule has 1 fully saturated rings. The van der Waals surface area contributed by atoms with Crippen molar-refractivity contribution in [1.29, 1.82) is 0 Å². The molecule has 106 valence electrons. The number of carbonyl (C=O) groups is 1. The Kier molecular flexibility index (Phi) is 3.43. The molecule has 20 heavy (non-hydrogen) atoms. The second-order valence-corrected chi connectivity index (χ2v) is 5.41. The van der Waals surface area contributed by atoms with Crippen LogP contribution < -0.4 is 4.74 Å². The lowest BCUT2D eigenvalue weighted by molar-refractivity contribution is 0.0769. The number of hydrogen-bond acceptors (Lipinski definition) is 6. The molecule has 3 heterocycles. The molecule has 0 aliphatic carbocycles. The number of likely N-dealkylation sites (tertiary alicyclic amines) is 1. The van der Waals surface area contributed by atoms with Gasteiger partial charge in [-0.05, 0) is 19.9 Å². The normalized spacial score (nSPS) is 18.5. The van der Waals surface area contributed by atoms with Crippen molar-refractivity contribution in [3.63, 3.8) is 0 Å². The van der Waals surface area contributed by atoms with Crippen LogP contribution in [0.2, 0.25) is 0 Å². The van der Waals surface area contributed by atoms with Crippen molar-refractivity contribution in [2.75, 3.05) is 13.1 Å². The van der Waals surface area contributed by atoms with Crippen molar-refractivity contribution in [2.45, 2.75) is 26.4 Å². The average molecular weight is 293 g/mol. The highest BCUT2D eigenvalue weighted by Gasteiger charge is 2.30. The van der Waals surface area contributed by atoms with Crippen LogP contribution in [0, 0.1) is 13.8 Å². The van der Waals surface area contributed by atoms with Crippen LogP contribution in [0.5, 0.6) is 5.88 Å². The van der Waals surface area contributed by atoms with Gasteiger partial charge in [0.25, 0.3) is 5.91 Å². The maximum absolute atomic E-state index is 12.4. The van der Waals surface area contributed by atoms with Crippen LogP contribution in [-0.4, -0.2) is 38.7 Å². The quantitative estimate of drug-likeness (QED) is 0.866. The molecular weight excluding hydrogens is 278 g/mol. The summed E-state index contributed by atoms with van der Waals surface area (Å²) < 4.78 is 19.0. The first-order valence-corrected chi connectivity index (χ1v) is 7.17. The molecule has 1 atom stereocenters. The Hall–Kier alpha value is -1.89. The largest absolute Gasteiger partial charge is 0.471 e. The van der Waals surface area contributed by atoms with Gasteiger partial charge in [0.15, 0.2) is 0 Å². The van der Waals surface area contributed by atoms with Gasteiger partial charge in [-0.1, -0.05) is 0 Å². The van der Waals surface area contributed by atoms with Crippen molar-refractivity contribution in [1.82, 2.24) is 13.6 Å². The molecule has 2 aromatic heterocycles. The Morgan fingerprint density at radius 3 is 3.05 bits per heavy atom. The molecule has 0 saturated carbocycles. The summed E-state index contributed by atoms with van der Waals surface area (Å²) >= 11 is 1.11. The van der Waals surface area contributed by atoms with Gasteiger partial charge in [-0.3, -0.25) is 4.79 Å². The van der Waals surface area contributed by atoms with Crippen LogP contribution in [0.1, 0.15) is 28.3 Å². The summed E-state index contributed by atoms with van der Waals surface area (Å²) in [5, 5.41) is 0. The molecule has 1 aliphatic heterocycles. The lowest BCUT2D eigenvalue weighted by Gasteiger charge is -2.16. The summed E-state index contributed by atoms with van der Waals surface area (Å²) in [6.45, 7) is 4.91. The summed E-state index contributed by atoms with van der Waals surface area (Å²) in [6, 6.07) is 1.79. The fourth-order valence-corrected chi connectivity index (χ4v) is 2.76. The monoisotopic (exact) mass is 293 g/mol. The Morgan fingerprint density at radius 2 is 2.40 bits per heavy atom. The second kappa shape index (κ2) is 5.24. The van der Waals surface area contributed by atoms with Crippen LogP contribution in [0.15, 0.2) is 16.7 Å². The van der Waals surface area contributed by atoms with Gasteiger partial charge < -0.3 is 14.1 Å². The standard InChI is InChI=1S/C13H15N3O3S/c1-8-5-11(9(2)18-8)13(17)16-4-3-10(7-16)19-12-6-14-20-15-12/h5-6,10H,3-4,7H2,1-2H3. The van der Waals surface area contributed by atoms with Gasteiger partial charge in [-0.2, -0.15) is 4.37 Å². The first kappa shape index (κ1) is 13.1. The summed E-state index contributed by atoms with van der Waals surface area (Å²) in [5.41, 5.74) is 0.637. The van der Waals surface area contributed by atoms with E-state index in [0.29, 0.717) is 30.3 Å². The number of aromatic nitrogens is 2. The molecule has 2 aromatic rings. The smallest absolute Gasteiger partial charge is 0.257 e. The van der Waals surface area contributed by atoms with E-state index in [0.717, 1.165) is 23.9 Å². The van der Waals surface area contributed by atoms with Crippen molar-refractivity contribution >= 4 is 17.6 Å². The molecule has 7 heteroatoms. The molecule has 1 amide bonds. The van der Waals surface area contributed by atoms with Crippen LogP contribution in [-0.2, 0) is 0 Å². The van der Waals surface area contributed by atoms with E-state index in [9.17, 15) is 4.79 Å². The third-order valence-corrected chi connectivity index (χ3v) is 3.79. The lowest BCUT2D eigenvalue weighted by atomic mass is 10.2. The fourth-order valence-electron chi connectivity index (χ4n) is 2.40. The first-order chi connectivity index (χ1) is 9.63. The summed E-state index contributed by atoms with van der Waals surface area (Å²) in [4.78, 5) is 14.2. The van der Waals surface area contributed by atoms with Gasteiger partial charge in [0.1, 0.15) is 23.8 Å². The molecule has 0 N–H and O–H groups in total. The number of aryl methyl sites for hydroxylation is 2. The van der Waals surface area contributed by atoms with Gasteiger partial charge in [0.2, 0.25) is 5.88 Å². The molecule has 0 radical (unpaired) electrons. The Balaban J connectivity index is 1.65. The highest BCUT2D eigenvalue weighted by atomic mass is 32.1. The minimum absolute atomic E-state index is 0.00172. The molecule has 0 bridgehead atoms. The van der Waals surface area contributed by atoms with Gasteiger partial charge >= 0.3 is 0 Å². The van der Waals surface area contributed by atoms with E-state index in [1.54, 1.807) is 17.2 Å². The number of amides is 1. The first-order valence-electron chi connectivity index (χ1n) is 6.44. The van der Waals surface area contributed by atoms with Crippen LogP contribution in [0.25, 0.3) is 0 Å².